The van der Waals surface area contributed by atoms with E-state index >= 15 is 0 Å². The minimum Gasteiger partial charge on any atom is -0.398 e. The maximum absolute atomic E-state index is 12.7. The molecule has 1 amide bonds. The quantitative estimate of drug-likeness (QED) is 0.843. The van der Waals surface area contributed by atoms with Crippen molar-refractivity contribution in [3.05, 3.63) is 29.3 Å². The summed E-state index contributed by atoms with van der Waals surface area (Å²) in [5, 5.41) is 2.62. The Bertz CT molecular complexity index is 531. The fraction of sp³-hybridized carbons (Fsp3) is 0.500. The van der Waals surface area contributed by atoms with Gasteiger partial charge < -0.3 is 15.8 Å². The van der Waals surface area contributed by atoms with E-state index in [4.69, 9.17) is 10.5 Å². The van der Waals surface area contributed by atoms with Gasteiger partial charge >= 0.3 is 6.18 Å². The number of nitrogens with two attached hydrogens (primary N) is 1. The molecule has 1 heterocycles. The fourth-order valence-corrected chi connectivity index (χ4v) is 2.37. The van der Waals surface area contributed by atoms with Crippen LogP contribution in [0.4, 0.5) is 18.9 Å². The molecule has 4 nitrogen and oxygen atoms in total. The molecular weight excluding hydrogens is 285 g/mol. The topological polar surface area (TPSA) is 64.3 Å². The van der Waals surface area contributed by atoms with E-state index in [2.05, 4.69) is 5.32 Å². The molecule has 3 N–H and O–H groups in total. The summed E-state index contributed by atoms with van der Waals surface area (Å²) < 4.78 is 43.6. The lowest BCUT2D eigenvalue weighted by Crippen LogP contribution is -2.32. The number of hydrogen-bond donors (Lipinski definition) is 2. The summed E-state index contributed by atoms with van der Waals surface area (Å²) in [7, 11) is 0. The van der Waals surface area contributed by atoms with E-state index in [0.29, 0.717) is 13.2 Å². The van der Waals surface area contributed by atoms with Gasteiger partial charge in [-0.05, 0) is 25.5 Å². The molecule has 0 spiro atoms. The number of para-hydroxylation sites is 1. The molecule has 21 heavy (non-hydrogen) atoms. The monoisotopic (exact) mass is 302 g/mol. The first-order valence-corrected chi connectivity index (χ1v) is 6.66. The number of alkyl halides is 3. The zero-order valence-electron chi connectivity index (χ0n) is 11.5. The molecule has 1 fully saturated rings. The highest BCUT2D eigenvalue weighted by Gasteiger charge is 2.34. The normalized spacial score (nSPS) is 22.3. The van der Waals surface area contributed by atoms with Gasteiger partial charge in [0, 0.05) is 19.1 Å². The van der Waals surface area contributed by atoms with Crippen LogP contribution >= 0.6 is 0 Å². The lowest BCUT2D eigenvalue weighted by Gasteiger charge is -2.16. The third kappa shape index (κ3) is 3.47. The SMILES string of the molecule is CC1OCCC1CNC(=O)c1cccc(C(F)(F)F)c1N. The average Bonchev–Trinajstić information content (AvgIpc) is 2.80. The molecule has 2 atom stereocenters. The van der Waals surface area contributed by atoms with E-state index in [0.717, 1.165) is 12.5 Å². The Labute approximate surface area is 120 Å². The Balaban J connectivity index is 2.09. The number of anilines is 1. The van der Waals surface area contributed by atoms with Crippen LogP contribution in [-0.4, -0.2) is 25.2 Å². The molecule has 1 aliphatic heterocycles. The maximum atomic E-state index is 12.7. The summed E-state index contributed by atoms with van der Waals surface area (Å²) in [6, 6.07) is 3.32. The van der Waals surface area contributed by atoms with Gasteiger partial charge in [-0.15, -0.1) is 0 Å². The number of halogens is 3. The Morgan fingerprint density at radius 2 is 2.19 bits per heavy atom. The van der Waals surface area contributed by atoms with Crippen LogP contribution in [0.25, 0.3) is 0 Å². The van der Waals surface area contributed by atoms with Gasteiger partial charge in [-0.1, -0.05) is 6.07 Å². The van der Waals surface area contributed by atoms with Crippen LogP contribution in [0.3, 0.4) is 0 Å². The zero-order chi connectivity index (χ0) is 15.6. The molecule has 0 bridgehead atoms. The van der Waals surface area contributed by atoms with Gasteiger partial charge in [-0.25, -0.2) is 0 Å². The van der Waals surface area contributed by atoms with Gasteiger partial charge in [0.2, 0.25) is 0 Å². The van der Waals surface area contributed by atoms with E-state index < -0.39 is 23.3 Å². The summed E-state index contributed by atoms with van der Waals surface area (Å²) in [6.07, 6.45) is -3.72. The van der Waals surface area contributed by atoms with E-state index in [-0.39, 0.29) is 17.6 Å². The number of nitrogen functional groups attached to an aromatic ring is 1. The lowest BCUT2D eigenvalue weighted by atomic mass is 10.0. The molecule has 0 aliphatic carbocycles. The number of amides is 1. The third-order valence-electron chi connectivity index (χ3n) is 3.71. The number of benzene rings is 1. The van der Waals surface area contributed by atoms with Crippen molar-refractivity contribution < 1.29 is 22.7 Å². The van der Waals surface area contributed by atoms with Crippen LogP contribution in [0.15, 0.2) is 18.2 Å². The highest BCUT2D eigenvalue weighted by molar-refractivity contribution is 5.99. The molecule has 0 radical (unpaired) electrons. The molecule has 1 aromatic carbocycles. The van der Waals surface area contributed by atoms with Crippen molar-refractivity contribution in [2.24, 2.45) is 5.92 Å². The minimum atomic E-state index is -4.58. The molecule has 7 heteroatoms. The van der Waals surface area contributed by atoms with Gasteiger partial charge in [-0.2, -0.15) is 13.2 Å². The number of ether oxygens (including phenoxy) is 1. The van der Waals surface area contributed by atoms with Crippen molar-refractivity contribution in [1.82, 2.24) is 5.32 Å². The zero-order valence-corrected chi connectivity index (χ0v) is 11.5. The molecule has 2 rings (SSSR count). The van der Waals surface area contributed by atoms with Gasteiger partial charge in [0.1, 0.15) is 0 Å². The Morgan fingerprint density at radius 3 is 2.76 bits per heavy atom. The highest BCUT2D eigenvalue weighted by Crippen LogP contribution is 2.34. The van der Waals surface area contributed by atoms with Gasteiger partial charge in [0.25, 0.3) is 5.91 Å². The van der Waals surface area contributed by atoms with Crippen LogP contribution in [0.1, 0.15) is 29.3 Å². The van der Waals surface area contributed by atoms with Gasteiger partial charge in [0.15, 0.2) is 0 Å². The molecule has 1 aromatic rings. The molecule has 2 unspecified atom stereocenters. The van der Waals surface area contributed by atoms with Crippen LogP contribution in [0, 0.1) is 5.92 Å². The third-order valence-corrected chi connectivity index (χ3v) is 3.71. The number of nitrogens with one attached hydrogen (secondary N) is 1. The minimum absolute atomic E-state index is 0.0316. The first-order valence-electron chi connectivity index (χ1n) is 6.66. The second kappa shape index (κ2) is 5.93. The molecular formula is C14H17F3N2O2. The second-order valence-electron chi connectivity index (χ2n) is 5.10. The van der Waals surface area contributed by atoms with E-state index in [9.17, 15) is 18.0 Å². The summed E-state index contributed by atoms with van der Waals surface area (Å²) in [5.74, 6) is -0.432. The van der Waals surface area contributed by atoms with E-state index in [1.165, 1.54) is 12.1 Å². The number of carbonyl (C=O) groups excluding carboxylic acids is 1. The molecule has 0 saturated carbocycles. The van der Waals surface area contributed by atoms with Crippen LogP contribution in [-0.2, 0) is 10.9 Å². The molecule has 1 aliphatic rings. The smallest absolute Gasteiger partial charge is 0.398 e. The van der Waals surface area contributed by atoms with Crippen molar-refractivity contribution in [2.45, 2.75) is 25.6 Å². The summed E-state index contributed by atoms with van der Waals surface area (Å²) >= 11 is 0. The van der Waals surface area contributed by atoms with Gasteiger partial charge in [0.05, 0.1) is 22.9 Å². The maximum Gasteiger partial charge on any atom is 0.418 e. The Kier molecular flexibility index (Phi) is 4.41. The van der Waals surface area contributed by atoms with Crippen molar-refractivity contribution in [2.75, 3.05) is 18.9 Å². The first kappa shape index (κ1) is 15.6. The fourth-order valence-electron chi connectivity index (χ4n) is 2.37. The first-order chi connectivity index (χ1) is 9.80. The number of hydrogen-bond acceptors (Lipinski definition) is 3. The van der Waals surface area contributed by atoms with Crippen molar-refractivity contribution >= 4 is 11.6 Å². The van der Waals surface area contributed by atoms with Gasteiger partial charge in [-0.3, -0.25) is 4.79 Å². The lowest BCUT2D eigenvalue weighted by molar-refractivity contribution is -0.136. The van der Waals surface area contributed by atoms with Crippen molar-refractivity contribution in [3.8, 4) is 0 Å². The van der Waals surface area contributed by atoms with Crippen LogP contribution in [0.5, 0.6) is 0 Å². The highest BCUT2D eigenvalue weighted by atomic mass is 19.4. The largest absolute Gasteiger partial charge is 0.418 e. The summed E-state index contributed by atoms with van der Waals surface area (Å²) in [5.41, 5.74) is 3.78. The standard InChI is InChI=1S/C14H17F3N2O2/c1-8-9(5-6-21-8)7-19-13(20)10-3-2-4-11(12(10)18)14(15,16)17/h2-4,8-9H,5-7,18H2,1H3,(H,19,20). The van der Waals surface area contributed by atoms with Crippen LogP contribution < -0.4 is 11.1 Å². The number of carbonyl (C=O) groups is 1. The van der Waals surface area contributed by atoms with Crippen LogP contribution in [0.2, 0.25) is 0 Å². The molecule has 0 aromatic heterocycles. The molecule has 1 saturated heterocycles. The van der Waals surface area contributed by atoms with Crippen molar-refractivity contribution in [3.63, 3.8) is 0 Å². The predicted octanol–water partition coefficient (Wildman–Crippen LogP) is 2.44. The number of rotatable bonds is 3. The van der Waals surface area contributed by atoms with E-state index in [1.807, 2.05) is 6.92 Å². The second-order valence-corrected chi connectivity index (χ2v) is 5.10. The summed E-state index contributed by atoms with van der Waals surface area (Å²) in [4.78, 5) is 12.0. The average molecular weight is 302 g/mol. The predicted molar refractivity (Wildman–Crippen MR) is 71.7 cm³/mol. The molecule has 116 valence electrons. The van der Waals surface area contributed by atoms with E-state index in [1.54, 1.807) is 0 Å². The Hall–Kier alpha value is -1.76. The van der Waals surface area contributed by atoms with Crippen molar-refractivity contribution in [1.29, 1.82) is 0 Å². The summed E-state index contributed by atoms with van der Waals surface area (Å²) in [6.45, 7) is 2.89. The Morgan fingerprint density at radius 1 is 1.48 bits per heavy atom.